The van der Waals surface area contributed by atoms with Crippen LogP contribution in [-0.4, -0.2) is 15.0 Å². The summed E-state index contributed by atoms with van der Waals surface area (Å²) in [6.07, 6.45) is 8.61. The van der Waals surface area contributed by atoms with E-state index in [9.17, 15) is 0 Å². The zero-order valence-corrected chi connectivity index (χ0v) is 34.4. The first-order valence-electron chi connectivity index (χ1n) is 21.7. The topological polar surface area (TPSA) is 47.4 Å². The van der Waals surface area contributed by atoms with E-state index in [0.29, 0.717) is 34.3 Å². The van der Waals surface area contributed by atoms with E-state index in [2.05, 4.69) is 107 Å². The maximum Gasteiger partial charge on any atom is 0.187 e. The van der Waals surface area contributed by atoms with Crippen LogP contribution in [-0.2, 0) is 5.41 Å². The van der Waals surface area contributed by atoms with E-state index < -0.39 is 0 Å². The molecule has 62 heavy (non-hydrogen) atoms. The first-order valence-corrected chi connectivity index (χ1v) is 21.7. The number of hydrogen-bond acceptors (Lipinski definition) is 3. The minimum absolute atomic E-state index is 0.422. The molecule has 0 unspecified atom stereocenters. The van der Waals surface area contributed by atoms with Gasteiger partial charge in [0.2, 0.25) is 0 Å². The zero-order chi connectivity index (χ0) is 41.6. The third-order valence-electron chi connectivity index (χ3n) is 13.8. The molecule has 0 spiro atoms. The Morgan fingerprint density at radius 2 is 0.661 bits per heavy atom. The maximum atomic E-state index is 7.36. The van der Waals surface area contributed by atoms with Crippen LogP contribution in [0.5, 0.6) is 0 Å². The van der Waals surface area contributed by atoms with Gasteiger partial charge in [-0.05, 0) is 124 Å². The monoisotopic (exact) mass is 797 g/mol. The lowest BCUT2D eigenvalue weighted by molar-refractivity contribution is -0.00518. The second kappa shape index (κ2) is 15.5. The summed E-state index contributed by atoms with van der Waals surface area (Å²) in [7, 11) is 0. The second-order valence-corrected chi connectivity index (χ2v) is 17.7. The molecule has 0 amide bonds. The molecule has 1 aromatic heterocycles. The Morgan fingerprint density at radius 1 is 0.355 bits per heavy atom. The van der Waals surface area contributed by atoms with Gasteiger partial charge in [-0.3, -0.25) is 0 Å². The summed E-state index contributed by atoms with van der Waals surface area (Å²) in [4.78, 5) is 22.3. The van der Waals surface area contributed by atoms with Gasteiger partial charge in [0.05, 0.1) is 13.1 Å². The van der Waals surface area contributed by atoms with Gasteiger partial charge in [-0.2, -0.15) is 0 Å². The van der Waals surface area contributed by atoms with Crippen LogP contribution in [0.25, 0.3) is 88.4 Å². The highest BCUT2D eigenvalue weighted by Crippen LogP contribution is 2.60. The molecule has 7 aromatic carbocycles. The minimum Gasteiger partial charge on any atom is -0.238 e. The molecule has 4 fully saturated rings. The van der Waals surface area contributed by atoms with Gasteiger partial charge in [0.1, 0.15) is 0 Å². The van der Waals surface area contributed by atoms with Crippen molar-refractivity contribution in [2.24, 2.45) is 17.8 Å². The first-order chi connectivity index (χ1) is 30.5. The standard InChI is InChI=1S/C57H43N5/c1-58-52-25-19-44(20-26-52)47-5-3-7-49(32-47)55-60-54(61-56(62-55)50-8-4-6-48(33-50)45-21-27-53(59-2)28-22-45)46-15-13-42(14-16-46)40-9-11-41(12-10-40)43-17-23-51(24-18-43)57-34-37-29-38(35-57)31-39(30-37)36-57/h3-28,32-33,37-39H,29-31,34-36H2. The molecule has 0 radical (unpaired) electrons. The first kappa shape index (κ1) is 37.5. The summed E-state index contributed by atoms with van der Waals surface area (Å²) < 4.78 is 0. The van der Waals surface area contributed by atoms with Crippen molar-refractivity contribution in [3.05, 3.63) is 198 Å². The molecule has 4 saturated carbocycles. The zero-order valence-electron chi connectivity index (χ0n) is 34.4. The van der Waals surface area contributed by atoms with Crippen LogP contribution in [0.4, 0.5) is 11.4 Å². The molecule has 5 nitrogen and oxygen atoms in total. The van der Waals surface area contributed by atoms with E-state index in [-0.39, 0.29) is 0 Å². The third-order valence-corrected chi connectivity index (χ3v) is 13.8. The predicted molar refractivity (Wildman–Crippen MR) is 250 cm³/mol. The normalized spacial score (nSPS) is 19.7. The molecule has 4 bridgehead atoms. The van der Waals surface area contributed by atoms with Crippen molar-refractivity contribution in [3.63, 3.8) is 0 Å². The largest absolute Gasteiger partial charge is 0.238 e. The van der Waals surface area contributed by atoms with Gasteiger partial charge in [-0.25, -0.2) is 24.6 Å². The quantitative estimate of drug-likeness (QED) is 0.144. The Balaban J connectivity index is 0.892. The van der Waals surface area contributed by atoms with Gasteiger partial charge in [0.25, 0.3) is 0 Å². The Labute approximate surface area is 363 Å². The van der Waals surface area contributed by atoms with Crippen LogP contribution in [0.1, 0.15) is 44.1 Å². The molecule has 8 aromatic rings. The summed E-state index contributed by atoms with van der Waals surface area (Å²) in [5.74, 6) is 4.58. The summed E-state index contributed by atoms with van der Waals surface area (Å²) in [5, 5.41) is 0. The van der Waals surface area contributed by atoms with Crippen LogP contribution in [0.2, 0.25) is 0 Å². The van der Waals surface area contributed by atoms with E-state index >= 15 is 0 Å². The molecule has 0 N–H and O–H groups in total. The highest BCUT2D eigenvalue weighted by molar-refractivity contribution is 5.77. The highest BCUT2D eigenvalue weighted by Gasteiger charge is 2.51. The summed E-state index contributed by atoms with van der Waals surface area (Å²) in [5.41, 5.74) is 14.7. The van der Waals surface area contributed by atoms with Gasteiger partial charge in [0.15, 0.2) is 28.8 Å². The molecule has 0 saturated heterocycles. The van der Waals surface area contributed by atoms with Crippen molar-refractivity contribution < 1.29 is 0 Å². The second-order valence-electron chi connectivity index (χ2n) is 17.7. The lowest BCUT2D eigenvalue weighted by Crippen LogP contribution is -2.48. The van der Waals surface area contributed by atoms with Crippen molar-refractivity contribution in [1.82, 2.24) is 15.0 Å². The molecule has 1 heterocycles. The Bertz CT molecular complexity index is 2870. The van der Waals surface area contributed by atoms with Crippen LogP contribution in [0, 0.1) is 30.9 Å². The number of nitrogens with zero attached hydrogens (tertiary/aromatic N) is 5. The van der Waals surface area contributed by atoms with Crippen LogP contribution in [0.3, 0.4) is 0 Å². The van der Waals surface area contributed by atoms with Crippen molar-refractivity contribution in [2.45, 2.75) is 43.9 Å². The van der Waals surface area contributed by atoms with E-state index in [1.54, 1.807) is 5.56 Å². The Kier molecular flexibility index (Phi) is 9.40. The molecule has 5 heteroatoms. The number of hydrogen-bond donors (Lipinski definition) is 0. The molecule has 4 aliphatic rings. The van der Waals surface area contributed by atoms with Gasteiger partial charge in [-0.15, -0.1) is 0 Å². The smallest absolute Gasteiger partial charge is 0.187 e. The van der Waals surface area contributed by atoms with Gasteiger partial charge in [-0.1, -0.05) is 158 Å². The van der Waals surface area contributed by atoms with Gasteiger partial charge >= 0.3 is 0 Å². The van der Waals surface area contributed by atoms with Crippen molar-refractivity contribution >= 4 is 11.4 Å². The molecule has 0 atom stereocenters. The lowest BCUT2D eigenvalue weighted by atomic mass is 9.48. The Hall–Kier alpha value is -7.47. The minimum atomic E-state index is 0.422. The van der Waals surface area contributed by atoms with E-state index in [0.717, 1.165) is 67.8 Å². The van der Waals surface area contributed by atoms with Crippen LogP contribution >= 0.6 is 0 Å². The lowest BCUT2D eigenvalue weighted by Gasteiger charge is -2.57. The summed E-state index contributed by atoms with van der Waals surface area (Å²) in [6, 6.07) is 58.7. The number of aromatic nitrogens is 3. The maximum absolute atomic E-state index is 7.36. The fourth-order valence-electron chi connectivity index (χ4n) is 11.0. The third kappa shape index (κ3) is 7.16. The fourth-order valence-corrected chi connectivity index (χ4v) is 11.0. The molecule has 296 valence electrons. The number of benzene rings is 7. The van der Waals surface area contributed by atoms with Crippen LogP contribution < -0.4 is 0 Å². The van der Waals surface area contributed by atoms with Gasteiger partial charge in [0, 0.05) is 16.7 Å². The number of rotatable bonds is 8. The SMILES string of the molecule is [C-]#[N+]c1ccc(-c2cccc(-c3nc(-c4ccc(-c5ccc(-c6ccc(C78CC9CC(CC(C9)C7)C8)cc6)cc5)cc4)nc(-c4cccc(-c5ccc([N+]#[C-])cc5)c4)n3)c2)cc1. The van der Waals surface area contributed by atoms with E-state index in [1.807, 2.05) is 72.8 Å². The average Bonchev–Trinajstić information content (AvgIpc) is 3.34. The molecule has 0 aliphatic heterocycles. The van der Waals surface area contributed by atoms with Crippen molar-refractivity contribution in [2.75, 3.05) is 0 Å². The molecule has 4 aliphatic carbocycles. The highest BCUT2D eigenvalue weighted by atomic mass is 15.0. The van der Waals surface area contributed by atoms with E-state index in [1.165, 1.54) is 49.7 Å². The predicted octanol–water partition coefficient (Wildman–Crippen LogP) is 15.1. The molecular weight excluding hydrogens is 755 g/mol. The average molecular weight is 798 g/mol. The van der Waals surface area contributed by atoms with Crippen LogP contribution in [0.15, 0.2) is 170 Å². The van der Waals surface area contributed by atoms with Crippen molar-refractivity contribution in [3.8, 4) is 78.7 Å². The van der Waals surface area contributed by atoms with Crippen molar-refractivity contribution in [1.29, 1.82) is 0 Å². The van der Waals surface area contributed by atoms with E-state index in [4.69, 9.17) is 28.1 Å². The molecular formula is C57H43N5. The fraction of sp³-hybridized carbons (Fsp3) is 0.175. The summed E-state index contributed by atoms with van der Waals surface area (Å²) >= 11 is 0. The molecule has 12 rings (SSSR count). The van der Waals surface area contributed by atoms with Gasteiger partial charge < -0.3 is 0 Å². The summed E-state index contributed by atoms with van der Waals surface area (Å²) in [6.45, 7) is 14.7. The Morgan fingerprint density at radius 3 is 1.05 bits per heavy atom.